The Hall–Kier alpha value is -1.29. The fourth-order valence-electron chi connectivity index (χ4n) is 1.56. The molecule has 0 bridgehead atoms. The minimum atomic E-state index is 0.314. The number of benzene rings is 1. The fourth-order valence-corrected chi connectivity index (χ4v) is 2.48. The quantitative estimate of drug-likeness (QED) is 0.824. The van der Waals surface area contributed by atoms with Crippen molar-refractivity contribution in [1.29, 1.82) is 0 Å². The third-order valence-corrected chi connectivity index (χ3v) is 4.43. The Morgan fingerprint density at radius 2 is 2.11 bits per heavy atom. The van der Waals surface area contributed by atoms with Gasteiger partial charge in [0, 0.05) is 12.2 Å². The van der Waals surface area contributed by atoms with Crippen molar-refractivity contribution in [2.24, 2.45) is 11.3 Å². The summed E-state index contributed by atoms with van der Waals surface area (Å²) in [6, 6.07) is 5.84. The van der Waals surface area contributed by atoms with E-state index >= 15 is 0 Å². The van der Waals surface area contributed by atoms with E-state index in [9.17, 15) is 0 Å². The summed E-state index contributed by atoms with van der Waals surface area (Å²) in [4.78, 5) is 4.56. The average Bonchev–Trinajstić information content (AvgIpc) is 2.66. The van der Waals surface area contributed by atoms with Crippen LogP contribution in [0.5, 0.6) is 0 Å². The predicted octanol–water partition coefficient (Wildman–Crippen LogP) is 3.97. The van der Waals surface area contributed by atoms with Crippen LogP contribution in [0.15, 0.2) is 18.2 Å². The Bertz CT molecular complexity index is 539. The molecule has 1 atom stereocenters. The highest BCUT2D eigenvalue weighted by atomic mass is 32.1. The molecule has 0 spiro atoms. The van der Waals surface area contributed by atoms with Gasteiger partial charge in [0.15, 0.2) is 5.13 Å². The van der Waals surface area contributed by atoms with E-state index in [0.717, 1.165) is 27.6 Å². The number of anilines is 2. The van der Waals surface area contributed by atoms with Crippen LogP contribution in [0.25, 0.3) is 10.2 Å². The second kappa shape index (κ2) is 4.76. The molecule has 1 aromatic carbocycles. The summed E-state index contributed by atoms with van der Waals surface area (Å²) in [5, 5.41) is 4.40. The first-order valence-corrected chi connectivity index (χ1v) is 7.08. The van der Waals surface area contributed by atoms with Gasteiger partial charge in [0.1, 0.15) is 0 Å². The largest absolute Gasteiger partial charge is 0.399 e. The second-order valence-electron chi connectivity index (χ2n) is 5.89. The summed E-state index contributed by atoms with van der Waals surface area (Å²) >= 11 is 1.66. The highest BCUT2D eigenvalue weighted by Crippen LogP contribution is 2.29. The number of fused-ring (bicyclic) bond motifs is 1. The summed E-state index contributed by atoms with van der Waals surface area (Å²) in [7, 11) is 0. The molecule has 3 N–H and O–H groups in total. The van der Waals surface area contributed by atoms with Crippen LogP contribution < -0.4 is 11.1 Å². The Balaban J connectivity index is 2.09. The van der Waals surface area contributed by atoms with Crippen LogP contribution in [-0.4, -0.2) is 11.5 Å². The number of nitrogens with zero attached hydrogens (tertiary/aromatic N) is 1. The van der Waals surface area contributed by atoms with Crippen molar-refractivity contribution in [3.63, 3.8) is 0 Å². The second-order valence-corrected chi connectivity index (χ2v) is 6.92. The Labute approximate surface area is 112 Å². The standard InChI is InChI=1S/C14H21N3S/c1-9(14(2,3)4)8-16-13-17-11-6-5-10(15)7-12(11)18-13/h5-7,9H,8,15H2,1-4H3,(H,16,17). The summed E-state index contributed by atoms with van der Waals surface area (Å²) in [5.74, 6) is 0.592. The monoisotopic (exact) mass is 263 g/mol. The molecule has 0 saturated heterocycles. The molecule has 98 valence electrons. The van der Waals surface area contributed by atoms with Gasteiger partial charge in [-0.25, -0.2) is 4.98 Å². The topological polar surface area (TPSA) is 50.9 Å². The molecule has 0 aliphatic carbocycles. The summed E-state index contributed by atoms with van der Waals surface area (Å²) < 4.78 is 1.14. The molecule has 0 amide bonds. The Morgan fingerprint density at radius 1 is 1.39 bits per heavy atom. The molecule has 3 nitrogen and oxygen atoms in total. The zero-order valence-corrected chi connectivity index (χ0v) is 12.3. The van der Waals surface area contributed by atoms with Crippen LogP contribution in [0.4, 0.5) is 10.8 Å². The summed E-state index contributed by atoms with van der Waals surface area (Å²) in [5.41, 5.74) is 7.89. The number of hydrogen-bond donors (Lipinski definition) is 2. The molecule has 18 heavy (non-hydrogen) atoms. The molecule has 4 heteroatoms. The van der Waals surface area contributed by atoms with Gasteiger partial charge in [0.2, 0.25) is 0 Å². The molecule has 0 saturated carbocycles. The maximum Gasteiger partial charge on any atom is 0.183 e. The van der Waals surface area contributed by atoms with Crippen LogP contribution in [-0.2, 0) is 0 Å². The lowest BCUT2D eigenvalue weighted by Gasteiger charge is -2.27. The van der Waals surface area contributed by atoms with Crippen molar-refractivity contribution in [3.8, 4) is 0 Å². The van der Waals surface area contributed by atoms with E-state index in [2.05, 4.69) is 38.0 Å². The first-order valence-electron chi connectivity index (χ1n) is 6.26. The lowest BCUT2D eigenvalue weighted by atomic mass is 9.82. The molecule has 1 aromatic heterocycles. The highest BCUT2D eigenvalue weighted by molar-refractivity contribution is 7.22. The number of hydrogen-bond acceptors (Lipinski definition) is 4. The fraction of sp³-hybridized carbons (Fsp3) is 0.500. The van der Waals surface area contributed by atoms with Crippen LogP contribution in [0.1, 0.15) is 27.7 Å². The lowest BCUT2D eigenvalue weighted by molar-refractivity contribution is 0.274. The molecule has 1 unspecified atom stereocenters. The van der Waals surface area contributed by atoms with E-state index < -0.39 is 0 Å². The van der Waals surface area contributed by atoms with Crippen LogP contribution in [0, 0.1) is 11.3 Å². The average molecular weight is 263 g/mol. The highest BCUT2D eigenvalue weighted by Gasteiger charge is 2.19. The van der Waals surface area contributed by atoms with E-state index in [-0.39, 0.29) is 0 Å². The number of thiazole rings is 1. The number of rotatable bonds is 3. The SMILES string of the molecule is CC(CNc1nc2ccc(N)cc2s1)C(C)(C)C. The molecule has 2 rings (SSSR count). The van der Waals surface area contributed by atoms with Crippen molar-refractivity contribution in [3.05, 3.63) is 18.2 Å². The minimum Gasteiger partial charge on any atom is -0.399 e. The predicted molar refractivity (Wildman–Crippen MR) is 81.1 cm³/mol. The van der Waals surface area contributed by atoms with Gasteiger partial charge in [-0.2, -0.15) is 0 Å². The van der Waals surface area contributed by atoms with Gasteiger partial charge < -0.3 is 11.1 Å². The van der Waals surface area contributed by atoms with Gasteiger partial charge in [-0.15, -0.1) is 0 Å². The van der Waals surface area contributed by atoms with Crippen LogP contribution >= 0.6 is 11.3 Å². The number of nitrogens with two attached hydrogens (primary N) is 1. The molecule has 1 heterocycles. The lowest BCUT2D eigenvalue weighted by Crippen LogP contribution is -2.24. The zero-order chi connectivity index (χ0) is 13.3. The van der Waals surface area contributed by atoms with E-state index in [0.29, 0.717) is 11.3 Å². The van der Waals surface area contributed by atoms with E-state index in [4.69, 9.17) is 5.73 Å². The maximum atomic E-state index is 5.77. The van der Waals surface area contributed by atoms with Gasteiger partial charge in [-0.1, -0.05) is 39.0 Å². The van der Waals surface area contributed by atoms with Gasteiger partial charge >= 0.3 is 0 Å². The van der Waals surface area contributed by atoms with E-state index in [1.54, 1.807) is 11.3 Å². The maximum absolute atomic E-state index is 5.77. The van der Waals surface area contributed by atoms with Gasteiger partial charge in [-0.05, 0) is 29.5 Å². The van der Waals surface area contributed by atoms with Crippen molar-refractivity contribution < 1.29 is 0 Å². The van der Waals surface area contributed by atoms with Crippen molar-refractivity contribution in [2.75, 3.05) is 17.6 Å². The van der Waals surface area contributed by atoms with Gasteiger partial charge in [-0.3, -0.25) is 0 Å². The summed E-state index contributed by atoms with van der Waals surface area (Å²) in [6.45, 7) is 9.99. The van der Waals surface area contributed by atoms with Crippen molar-refractivity contribution in [2.45, 2.75) is 27.7 Å². The Morgan fingerprint density at radius 3 is 2.78 bits per heavy atom. The third-order valence-electron chi connectivity index (χ3n) is 3.45. The molecule has 2 aromatic rings. The molecule has 0 aliphatic rings. The first-order chi connectivity index (χ1) is 8.36. The molecule has 0 radical (unpaired) electrons. The van der Waals surface area contributed by atoms with E-state index in [1.807, 2.05) is 18.2 Å². The molecule has 0 fully saturated rings. The summed E-state index contributed by atoms with van der Waals surface area (Å²) in [6.07, 6.45) is 0. The number of nitrogens with one attached hydrogen (secondary N) is 1. The number of aromatic nitrogens is 1. The smallest absolute Gasteiger partial charge is 0.183 e. The molecule has 0 aliphatic heterocycles. The first kappa shape index (κ1) is 13.1. The molecular formula is C14H21N3S. The number of nitrogen functional groups attached to an aromatic ring is 1. The normalized spacial score (nSPS) is 13.8. The minimum absolute atomic E-state index is 0.314. The van der Waals surface area contributed by atoms with Crippen molar-refractivity contribution in [1.82, 2.24) is 4.98 Å². The van der Waals surface area contributed by atoms with Crippen LogP contribution in [0.2, 0.25) is 0 Å². The van der Waals surface area contributed by atoms with E-state index in [1.165, 1.54) is 0 Å². The van der Waals surface area contributed by atoms with Crippen LogP contribution in [0.3, 0.4) is 0 Å². The van der Waals surface area contributed by atoms with Gasteiger partial charge in [0.25, 0.3) is 0 Å². The Kier molecular flexibility index (Phi) is 3.48. The third kappa shape index (κ3) is 2.93. The zero-order valence-electron chi connectivity index (χ0n) is 11.4. The molecular weight excluding hydrogens is 242 g/mol. The van der Waals surface area contributed by atoms with Crippen molar-refractivity contribution >= 4 is 32.4 Å². The van der Waals surface area contributed by atoms with Gasteiger partial charge in [0.05, 0.1) is 10.2 Å².